The number of Topliss-reactive ketones (excluding diaryl/α,β-unsaturated/α-hetero) is 1. The van der Waals surface area contributed by atoms with Gasteiger partial charge in [-0.2, -0.15) is 0 Å². The number of allylic oxidation sites excluding steroid dienone is 3. The van der Waals surface area contributed by atoms with Crippen LogP contribution in [0, 0.1) is 34.5 Å². The molecule has 4 rings (SSSR count). The molecule has 0 saturated heterocycles. The van der Waals surface area contributed by atoms with Crippen molar-refractivity contribution in [3.05, 3.63) is 23.5 Å². The van der Waals surface area contributed by atoms with E-state index in [4.69, 9.17) is 4.74 Å². The van der Waals surface area contributed by atoms with Crippen LogP contribution in [0.1, 0.15) is 59.8 Å². The Balaban J connectivity index is 1.77. The van der Waals surface area contributed by atoms with Crippen LogP contribution in [0.5, 0.6) is 0 Å². The molecule has 164 valence electrons. The maximum atomic E-state index is 12.9. The van der Waals surface area contributed by atoms with Crippen LogP contribution in [0.25, 0.3) is 0 Å². The summed E-state index contributed by atoms with van der Waals surface area (Å²) in [6.07, 6.45) is 6.49. The van der Waals surface area contributed by atoms with Crippen molar-refractivity contribution in [2.45, 2.75) is 65.4 Å². The first-order chi connectivity index (χ1) is 14.0. The van der Waals surface area contributed by atoms with Gasteiger partial charge in [0.2, 0.25) is 5.78 Å². The van der Waals surface area contributed by atoms with E-state index in [1.165, 1.54) is 13.0 Å². The molecule has 0 spiro atoms. The third kappa shape index (κ3) is 2.55. The summed E-state index contributed by atoms with van der Waals surface area (Å²) in [4.78, 5) is 36.9. The standard InChI is InChI=1S/C24H32O6/c1-13-9-16-17-6-8-24(21(29)12-25,30-14(2)26)22(17,3)7-5-18(16)23(4)19(13)10-15(27)11-20(23)28/h10-11,13,16-18,25,28H,5-9,12H2,1-4H3/t13-,16-,17-,18-,22-,23+,24-/m0/s1. The third-order valence-electron chi connectivity index (χ3n) is 9.08. The lowest BCUT2D eigenvalue weighted by Gasteiger charge is -2.59. The minimum atomic E-state index is -1.29. The highest BCUT2D eigenvalue weighted by molar-refractivity contribution is 6.01. The second-order valence-corrected chi connectivity index (χ2v) is 10.2. The van der Waals surface area contributed by atoms with E-state index in [-0.39, 0.29) is 35.2 Å². The van der Waals surface area contributed by atoms with Crippen molar-refractivity contribution >= 4 is 17.5 Å². The van der Waals surface area contributed by atoms with E-state index < -0.39 is 34.8 Å². The van der Waals surface area contributed by atoms with Crippen molar-refractivity contribution in [3.63, 3.8) is 0 Å². The maximum absolute atomic E-state index is 12.9. The zero-order valence-corrected chi connectivity index (χ0v) is 18.2. The molecule has 6 heteroatoms. The quantitative estimate of drug-likeness (QED) is 0.685. The summed E-state index contributed by atoms with van der Waals surface area (Å²) in [5.41, 5.74) is -1.41. The number of carbonyl (C=O) groups excluding carboxylic acids is 3. The average molecular weight is 417 g/mol. The van der Waals surface area contributed by atoms with Gasteiger partial charge in [-0.1, -0.05) is 13.8 Å². The van der Waals surface area contributed by atoms with Gasteiger partial charge in [-0.05, 0) is 74.3 Å². The highest BCUT2D eigenvalue weighted by Crippen LogP contribution is 2.69. The Hall–Kier alpha value is -1.95. The zero-order valence-electron chi connectivity index (χ0n) is 18.2. The Morgan fingerprint density at radius 1 is 1.17 bits per heavy atom. The van der Waals surface area contributed by atoms with Gasteiger partial charge in [0, 0.05) is 23.8 Å². The molecule has 0 aromatic carbocycles. The molecule has 0 radical (unpaired) electrons. The molecule has 4 aliphatic rings. The molecule has 2 N–H and O–H groups in total. The van der Waals surface area contributed by atoms with Crippen molar-refractivity contribution in [1.29, 1.82) is 0 Å². The Morgan fingerprint density at radius 2 is 1.83 bits per heavy atom. The number of rotatable bonds is 3. The van der Waals surface area contributed by atoms with Crippen LogP contribution >= 0.6 is 0 Å². The van der Waals surface area contributed by atoms with Gasteiger partial charge in [0.1, 0.15) is 12.4 Å². The van der Waals surface area contributed by atoms with Gasteiger partial charge in [0.15, 0.2) is 11.4 Å². The van der Waals surface area contributed by atoms with Crippen LogP contribution in [-0.2, 0) is 19.1 Å². The number of ketones is 2. The lowest BCUT2D eigenvalue weighted by atomic mass is 9.45. The van der Waals surface area contributed by atoms with E-state index in [2.05, 4.69) is 6.92 Å². The molecule has 0 unspecified atom stereocenters. The van der Waals surface area contributed by atoms with Crippen LogP contribution in [-0.4, -0.2) is 40.0 Å². The van der Waals surface area contributed by atoms with Gasteiger partial charge in [-0.3, -0.25) is 14.4 Å². The first-order valence-electron chi connectivity index (χ1n) is 11.0. The van der Waals surface area contributed by atoms with E-state index in [1.807, 2.05) is 13.8 Å². The number of aliphatic hydroxyl groups excluding tert-OH is 2. The predicted octanol–water partition coefficient (Wildman–Crippen LogP) is 3.29. The largest absolute Gasteiger partial charge is 0.511 e. The lowest BCUT2D eigenvalue weighted by Crippen LogP contribution is -2.60. The molecule has 7 atom stereocenters. The third-order valence-corrected chi connectivity index (χ3v) is 9.08. The number of hydrogen-bond acceptors (Lipinski definition) is 6. The first-order valence-corrected chi connectivity index (χ1v) is 11.0. The minimum Gasteiger partial charge on any atom is -0.511 e. The maximum Gasteiger partial charge on any atom is 0.303 e. The molecule has 3 fully saturated rings. The molecule has 0 aromatic rings. The van der Waals surface area contributed by atoms with Crippen LogP contribution < -0.4 is 0 Å². The number of hydrogen-bond donors (Lipinski definition) is 2. The highest BCUT2D eigenvalue weighted by Gasteiger charge is 2.69. The molecule has 30 heavy (non-hydrogen) atoms. The number of fused-ring (bicyclic) bond motifs is 5. The van der Waals surface area contributed by atoms with Gasteiger partial charge < -0.3 is 14.9 Å². The molecule has 0 aliphatic heterocycles. The summed E-state index contributed by atoms with van der Waals surface area (Å²) >= 11 is 0. The van der Waals surface area contributed by atoms with E-state index >= 15 is 0 Å². The normalized spacial score (nSPS) is 44.9. The zero-order chi connectivity index (χ0) is 22.1. The fourth-order valence-electron chi connectivity index (χ4n) is 7.76. The molecule has 0 heterocycles. The molecule has 0 bridgehead atoms. The summed E-state index contributed by atoms with van der Waals surface area (Å²) in [6, 6.07) is 0. The molecule has 4 aliphatic carbocycles. The minimum absolute atomic E-state index is 0.135. The van der Waals surface area contributed by atoms with Crippen LogP contribution in [0.2, 0.25) is 0 Å². The van der Waals surface area contributed by atoms with E-state index in [0.717, 1.165) is 24.8 Å². The second-order valence-electron chi connectivity index (χ2n) is 10.2. The van der Waals surface area contributed by atoms with E-state index in [0.29, 0.717) is 12.8 Å². The molecular weight excluding hydrogens is 384 g/mol. The van der Waals surface area contributed by atoms with Crippen molar-refractivity contribution in [3.8, 4) is 0 Å². The molecule has 0 aromatic heterocycles. The van der Waals surface area contributed by atoms with Crippen LogP contribution in [0.15, 0.2) is 23.5 Å². The Morgan fingerprint density at radius 3 is 2.47 bits per heavy atom. The Bertz CT molecular complexity index is 871. The monoisotopic (exact) mass is 416 g/mol. The topological polar surface area (TPSA) is 101 Å². The molecule has 6 nitrogen and oxygen atoms in total. The van der Waals surface area contributed by atoms with E-state index in [1.54, 1.807) is 6.08 Å². The van der Waals surface area contributed by atoms with Crippen LogP contribution in [0.4, 0.5) is 0 Å². The van der Waals surface area contributed by atoms with Crippen LogP contribution in [0.3, 0.4) is 0 Å². The highest BCUT2D eigenvalue weighted by atomic mass is 16.6. The van der Waals surface area contributed by atoms with Gasteiger partial charge in [-0.25, -0.2) is 0 Å². The smallest absolute Gasteiger partial charge is 0.303 e. The molecule has 3 saturated carbocycles. The van der Waals surface area contributed by atoms with Gasteiger partial charge in [0.25, 0.3) is 0 Å². The van der Waals surface area contributed by atoms with Crippen molar-refractivity contribution < 1.29 is 29.3 Å². The number of esters is 1. The summed E-state index contributed by atoms with van der Waals surface area (Å²) in [5.74, 6) is -0.273. The Labute approximate surface area is 177 Å². The summed E-state index contributed by atoms with van der Waals surface area (Å²) in [7, 11) is 0. The second kappa shape index (κ2) is 6.78. The number of aliphatic hydroxyl groups is 2. The van der Waals surface area contributed by atoms with Crippen molar-refractivity contribution in [1.82, 2.24) is 0 Å². The number of carbonyl (C=O) groups is 3. The lowest BCUT2D eigenvalue weighted by molar-refractivity contribution is -0.189. The first kappa shape index (κ1) is 21.3. The summed E-state index contributed by atoms with van der Waals surface area (Å²) in [6.45, 7) is 6.86. The predicted molar refractivity (Wildman–Crippen MR) is 109 cm³/mol. The van der Waals surface area contributed by atoms with Crippen molar-refractivity contribution in [2.24, 2.45) is 34.5 Å². The van der Waals surface area contributed by atoms with Gasteiger partial charge in [0.05, 0.1) is 0 Å². The Kier molecular flexibility index (Phi) is 4.81. The fourth-order valence-corrected chi connectivity index (χ4v) is 7.76. The van der Waals surface area contributed by atoms with E-state index in [9.17, 15) is 24.6 Å². The van der Waals surface area contributed by atoms with Crippen molar-refractivity contribution in [2.75, 3.05) is 6.61 Å². The van der Waals surface area contributed by atoms with Gasteiger partial charge >= 0.3 is 5.97 Å². The fraction of sp³-hybridized carbons (Fsp3) is 0.708. The average Bonchev–Trinajstić information content (AvgIpc) is 2.96. The SMILES string of the molecule is CC(=O)O[C@]1(C(=O)CO)CC[C@H]2[C@@H]3C[C@H](C)C4=CC(=O)C=C(O)[C@]4(C)[C@H]3CC[C@@]21C. The molecule has 0 amide bonds. The summed E-state index contributed by atoms with van der Waals surface area (Å²) in [5, 5.41) is 20.6. The molecular formula is C24H32O6. The van der Waals surface area contributed by atoms with Gasteiger partial charge in [-0.15, -0.1) is 0 Å². The number of ether oxygens (including phenoxy) is 1. The summed E-state index contributed by atoms with van der Waals surface area (Å²) < 4.78 is 5.73.